The Kier molecular flexibility index (Phi) is 3.25. The van der Waals surface area contributed by atoms with Gasteiger partial charge < -0.3 is 10.2 Å². The Balaban J connectivity index is 2.06. The average molecular weight is 218 g/mol. The third-order valence-corrected chi connectivity index (χ3v) is 3.03. The highest BCUT2D eigenvalue weighted by atomic mass is 16.2. The normalized spacial score (nSPS) is 21.2. The molecule has 0 aromatic heterocycles. The molecule has 1 aromatic rings. The molecule has 0 radical (unpaired) electrons. The van der Waals surface area contributed by atoms with Crippen LogP contribution in [0.25, 0.3) is 0 Å². The number of carbonyl (C=O) groups excluding carboxylic acids is 1. The summed E-state index contributed by atoms with van der Waals surface area (Å²) in [7, 11) is 1.87. The Bertz CT molecular complexity index is 389. The molecule has 1 saturated heterocycles. The molecule has 1 atom stereocenters. The van der Waals surface area contributed by atoms with Crippen molar-refractivity contribution in [2.24, 2.45) is 0 Å². The van der Waals surface area contributed by atoms with Crippen LogP contribution < -0.4 is 5.32 Å². The van der Waals surface area contributed by atoms with Crippen LogP contribution in [0.3, 0.4) is 0 Å². The van der Waals surface area contributed by atoms with Gasteiger partial charge in [-0.15, -0.1) is 0 Å². The summed E-state index contributed by atoms with van der Waals surface area (Å²) >= 11 is 0. The summed E-state index contributed by atoms with van der Waals surface area (Å²) in [6.45, 7) is 3.77. The van der Waals surface area contributed by atoms with E-state index in [1.54, 1.807) is 4.90 Å². The van der Waals surface area contributed by atoms with Crippen molar-refractivity contribution >= 4 is 5.91 Å². The molecule has 1 aliphatic heterocycles. The maximum Gasteiger partial charge on any atom is 0.239 e. The number of carbonyl (C=O) groups is 1. The van der Waals surface area contributed by atoms with Crippen LogP contribution in [0.15, 0.2) is 24.3 Å². The first-order chi connectivity index (χ1) is 7.66. The fourth-order valence-electron chi connectivity index (χ4n) is 2.10. The Morgan fingerprint density at radius 1 is 1.50 bits per heavy atom. The van der Waals surface area contributed by atoms with E-state index in [9.17, 15) is 4.79 Å². The summed E-state index contributed by atoms with van der Waals surface area (Å²) in [5.41, 5.74) is 2.47. The van der Waals surface area contributed by atoms with Crippen LogP contribution in [0.2, 0.25) is 0 Å². The molecule has 0 bridgehead atoms. The number of hydrogen-bond acceptors (Lipinski definition) is 2. The third kappa shape index (κ3) is 2.42. The number of rotatable bonds is 2. The van der Waals surface area contributed by atoms with Gasteiger partial charge in [0.1, 0.15) is 0 Å². The van der Waals surface area contributed by atoms with E-state index in [1.165, 1.54) is 11.1 Å². The summed E-state index contributed by atoms with van der Waals surface area (Å²) in [5, 5.41) is 3.28. The quantitative estimate of drug-likeness (QED) is 0.802. The van der Waals surface area contributed by atoms with Gasteiger partial charge in [0, 0.05) is 20.1 Å². The third-order valence-electron chi connectivity index (χ3n) is 3.03. The van der Waals surface area contributed by atoms with Crippen LogP contribution in [0.5, 0.6) is 0 Å². The van der Waals surface area contributed by atoms with Crippen LogP contribution in [0, 0.1) is 6.92 Å². The minimum atomic E-state index is -0.0550. The number of nitrogens with zero attached hydrogens (tertiary/aromatic N) is 1. The van der Waals surface area contributed by atoms with Crippen molar-refractivity contribution in [3.05, 3.63) is 35.4 Å². The molecule has 2 rings (SSSR count). The van der Waals surface area contributed by atoms with Crippen molar-refractivity contribution < 1.29 is 4.79 Å². The molecule has 0 aliphatic carbocycles. The highest BCUT2D eigenvalue weighted by Gasteiger charge is 2.25. The van der Waals surface area contributed by atoms with Crippen molar-refractivity contribution in [3.8, 4) is 0 Å². The first kappa shape index (κ1) is 11.1. The predicted octanol–water partition coefficient (Wildman–Crippen LogP) is 0.968. The van der Waals surface area contributed by atoms with Crippen LogP contribution in [-0.4, -0.2) is 37.0 Å². The summed E-state index contributed by atoms with van der Waals surface area (Å²) in [6.07, 6.45) is 0.783. The van der Waals surface area contributed by atoms with E-state index < -0.39 is 0 Å². The van der Waals surface area contributed by atoms with Gasteiger partial charge >= 0.3 is 0 Å². The summed E-state index contributed by atoms with van der Waals surface area (Å²) in [4.78, 5) is 13.7. The molecule has 1 aromatic carbocycles. The molecule has 3 nitrogen and oxygen atoms in total. The maximum absolute atomic E-state index is 11.9. The molecule has 0 saturated carbocycles. The van der Waals surface area contributed by atoms with Crippen molar-refractivity contribution in [2.45, 2.75) is 19.4 Å². The average Bonchev–Trinajstić information content (AvgIpc) is 2.25. The number of amides is 1. The monoisotopic (exact) mass is 218 g/mol. The van der Waals surface area contributed by atoms with Gasteiger partial charge in [-0.2, -0.15) is 0 Å². The Hall–Kier alpha value is -1.35. The molecule has 3 heteroatoms. The Labute approximate surface area is 96.5 Å². The SMILES string of the molecule is Cc1cccc(CC2NCCN(C)C2=O)c1. The summed E-state index contributed by atoms with van der Waals surface area (Å²) in [6, 6.07) is 8.29. The fraction of sp³-hybridized carbons (Fsp3) is 0.462. The molecule has 1 aliphatic rings. The molecule has 16 heavy (non-hydrogen) atoms. The smallest absolute Gasteiger partial charge is 0.239 e. The van der Waals surface area contributed by atoms with Crippen LogP contribution >= 0.6 is 0 Å². The van der Waals surface area contributed by atoms with Gasteiger partial charge in [0.05, 0.1) is 6.04 Å². The van der Waals surface area contributed by atoms with Gasteiger partial charge in [0.25, 0.3) is 0 Å². The lowest BCUT2D eigenvalue weighted by Crippen LogP contribution is -2.54. The second-order valence-electron chi connectivity index (χ2n) is 4.46. The van der Waals surface area contributed by atoms with E-state index in [-0.39, 0.29) is 11.9 Å². The number of nitrogens with one attached hydrogen (secondary N) is 1. The Morgan fingerprint density at radius 2 is 2.31 bits per heavy atom. The summed E-state index contributed by atoms with van der Waals surface area (Å²) in [5.74, 6) is 0.202. The molecular weight excluding hydrogens is 200 g/mol. The lowest BCUT2D eigenvalue weighted by Gasteiger charge is -2.30. The fourth-order valence-corrected chi connectivity index (χ4v) is 2.10. The lowest BCUT2D eigenvalue weighted by molar-refractivity contribution is -0.134. The molecule has 86 valence electrons. The molecule has 1 fully saturated rings. The first-order valence-electron chi connectivity index (χ1n) is 5.71. The van der Waals surface area contributed by atoms with Crippen molar-refractivity contribution in [3.63, 3.8) is 0 Å². The molecular formula is C13H18N2O. The number of likely N-dealkylation sites (N-methyl/N-ethyl adjacent to an activating group) is 1. The van der Waals surface area contributed by atoms with Crippen molar-refractivity contribution in [1.82, 2.24) is 10.2 Å². The van der Waals surface area contributed by atoms with Gasteiger partial charge in [0.2, 0.25) is 5.91 Å². The zero-order valence-corrected chi connectivity index (χ0v) is 9.86. The van der Waals surface area contributed by atoms with Gasteiger partial charge in [-0.05, 0) is 18.9 Å². The van der Waals surface area contributed by atoms with Crippen LogP contribution in [0.1, 0.15) is 11.1 Å². The predicted molar refractivity (Wildman–Crippen MR) is 64.3 cm³/mol. The molecule has 1 heterocycles. The lowest BCUT2D eigenvalue weighted by atomic mass is 10.0. The van der Waals surface area contributed by atoms with E-state index in [1.807, 2.05) is 13.1 Å². The minimum absolute atomic E-state index is 0.0550. The van der Waals surface area contributed by atoms with E-state index in [0.29, 0.717) is 0 Å². The largest absolute Gasteiger partial charge is 0.343 e. The highest BCUT2D eigenvalue weighted by Crippen LogP contribution is 2.09. The number of aryl methyl sites for hydroxylation is 1. The highest BCUT2D eigenvalue weighted by molar-refractivity contribution is 5.82. The summed E-state index contributed by atoms with van der Waals surface area (Å²) < 4.78 is 0. The van der Waals surface area contributed by atoms with Gasteiger partial charge in [-0.25, -0.2) is 0 Å². The molecule has 1 N–H and O–H groups in total. The second kappa shape index (κ2) is 4.66. The van der Waals surface area contributed by atoms with Gasteiger partial charge in [0.15, 0.2) is 0 Å². The van der Waals surface area contributed by atoms with Crippen molar-refractivity contribution in [1.29, 1.82) is 0 Å². The minimum Gasteiger partial charge on any atom is -0.343 e. The van der Waals surface area contributed by atoms with E-state index in [2.05, 4.69) is 30.4 Å². The first-order valence-corrected chi connectivity index (χ1v) is 5.71. The van der Waals surface area contributed by atoms with Gasteiger partial charge in [-0.1, -0.05) is 29.8 Å². The molecule has 1 amide bonds. The molecule has 1 unspecified atom stereocenters. The Morgan fingerprint density at radius 3 is 3.06 bits per heavy atom. The number of hydrogen-bond donors (Lipinski definition) is 1. The van der Waals surface area contributed by atoms with Crippen LogP contribution in [-0.2, 0) is 11.2 Å². The second-order valence-corrected chi connectivity index (χ2v) is 4.46. The van der Waals surface area contributed by atoms with Crippen molar-refractivity contribution in [2.75, 3.05) is 20.1 Å². The molecule has 0 spiro atoms. The standard InChI is InChI=1S/C13H18N2O/c1-10-4-3-5-11(8-10)9-12-13(16)15(2)7-6-14-12/h3-5,8,12,14H,6-7,9H2,1-2H3. The van der Waals surface area contributed by atoms with Gasteiger partial charge in [-0.3, -0.25) is 4.79 Å². The van der Waals surface area contributed by atoms with Crippen LogP contribution in [0.4, 0.5) is 0 Å². The topological polar surface area (TPSA) is 32.3 Å². The van der Waals surface area contributed by atoms with E-state index in [4.69, 9.17) is 0 Å². The van der Waals surface area contributed by atoms with E-state index >= 15 is 0 Å². The maximum atomic E-state index is 11.9. The zero-order valence-electron chi connectivity index (χ0n) is 9.86. The van der Waals surface area contributed by atoms with E-state index in [0.717, 1.165) is 19.5 Å². The number of benzene rings is 1. The zero-order chi connectivity index (χ0) is 11.5. The number of piperazine rings is 1.